The van der Waals surface area contributed by atoms with Gasteiger partial charge in [0.15, 0.2) is 0 Å². The molecule has 0 aliphatic heterocycles. The molecule has 0 spiro atoms. The lowest BCUT2D eigenvalue weighted by atomic mass is 9.94. The van der Waals surface area contributed by atoms with E-state index in [1.807, 2.05) is 13.8 Å². The zero-order valence-electron chi connectivity index (χ0n) is 10.0. The van der Waals surface area contributed by atoms with Gasteiger partial charge in [-0.15, -0.1) is 0 Å². The molecule has 0 saturated carbocycles. The maximum atomic E-state index is 13.8. The summed E-state index contributed by atoms with van der Waals surface area (Å²) < 4.78 is 27.5. The highest BCUT2D eigenvalue weighted by molar-refractivity contribution is 9.10. The van der Waals surface area contributed by atoms with E-state index in [2.05, 4.69) is 21.2 Å². The zero-order valence-corrected chi connectivity index (χ0v) is 11.6. The molecule has 0 saturated heterocycles. The van der Waals surface area contributed by atoms with Crippen molar-refractivity contribution in [1.82, 2.24) is 5.32 Å². The highest BCUT2D eigenvalue weighted by Crippen LogP contribution is 2.30. The summed E-state index contributed by atoms with van der Waals surface area (Å²) in [5.41, 5.74) is -1.91. The van der Waals surface area contributed by atoms with Crippen molar-refractivity contribution < 1.29 is 13.9 Å². The van der Waals surface area contributed by atoms with E-state index in [4.69, 9.17) is 0 Å². The van der Waals surface area contributed by atoms with Crippen LogP contribution >= 0.6 is 15.9 Å². The molecule has 0 aliphatic carbocycles. The summed E-state index contributed by atoms with van der Waals surface area (Å²) in [5.74, 6) is -1.51. The fraction of sp³-hybridized carbons (Fsp3) is 0.500. The molecule has 2 N–H and O–H groups in total. The minimum Gasteiger partial charge on any atom is -0.384 e. The van der Waals surface area contributed by atoms with Crippen molar-refractivity contribution in [1.29, 1.82) is 0 Å². The van der Waals surface area contributed by atoms with Gasteiger partial charge in [0.05, 0.1) is 10.0 Å². The molecule has 1 rings (SSSR count). The van der Waals surface area contributed by atoms with Gasteiger partial charge < -0.3 is 10.4 Å². The van der Waals surface area contributed by atoms with Crippen LogP contribution in [-0.2, 0) is 5.60 Å². The first kappa shape index (κ1) is 14.5. The molecule has 17 heavy (non-hydrogen) atoms. The molecule has 0 aliphatic rings. The van der Waals surface area contributed by atoms with E-state index >= 15 is 0 Å². The Morgan fingerprint density at radius 1 is 1.41 bits per heavy atom. The van der Waals surface area contributed by atoms with E-state index in [9.17, 15) is 13.9 Å². The number of benzene rings is 1. The highest BCUT2D eigenvalue weighted by atomic mass is 79.9. The maximum Gasteiger partial charge on any atom is 0.146 e. The van der Waals surface area contributed by atoms with Crippen molar-refractivity contribution in [2.24, 2.45) is 0 Å². The summed E-state index contributed by atoms with van der Waals surface area (Å²) in [4.78, 5) is 0. The monoisotopic (exact) mass is 307 g/mol. The summed E-state index contributed by atoms with van der Waals surface area (Å²) in [6, 6.07) is 2.53. The van der Waals surface area contributed by atoms with Crippen LogP contribution in [-0.4, -0.2) is 17.7 Å². The molecule has 0 fully saturated rings. The quantitative estimate of drug-likeness (QED) is 0.838. The van der Waals surface area contributed by atoms with Gasteiger partial charge in [0.25, 0.3) is 0 Å². The van der Waals surface area contributed by atoms with Gasteiger partial charge in [-0.25, -0.2) is 8.78 Å². The number of rotatable bonds is 4. The average molecular weight is 308 g/mol. The molecule has 0 amide bonds. The normalized spacial score (nSPS) is 15.1. The van der Waals surface area contributed by atoms with Crippen LogP contribution in [0, 0.1) is 11.6 Å². The lowest BCUT2D eigenvalue weighted by molar-refractivity contribution is 0.0472. The van der Waals surface area contributed by atoms with Gasteiger partial charge in [-0.1, -0.05) is 13.8 Å². The molecule has 5 heteroatoms. The molecule has 0 bridgehead atoms. The first-order chi connectivity index (χ1) is 7.75. The van der Waals surface area contributed by atoms with Crippen LogP contribution in [0.25, 0.3) is 0 Å². The molecule has 1 aromatic rings. The molecule has 1 atom stereocenters. The minimum atomic E-state index is -1.60. The van der Waals surface area contributed by atoms with Gasteiger partial charge in [0.1, 0.15) is 17.2 Å². The Balaban J connectivity index is 3.09. The van der Waals surface area contributed by atoms with Gasteiger partial charge in [-0.05, 0) is 35.0 Å². The van der Waals surface area contributed by atoms with Gasteiger partial charge >= 0.3 is 0 Å². The van der Waals surface area contributed by atoms with Crippen molar-refractivity contribution in [3.63, 3.8) is 0 Å². The van der Waals surface area contributed by atoms with Gasteiger partial charge in [0.2, 0.25) is 0 Å². The largest absolute Gasteiger partial charge is 0.384 e. The third kappa shape index (κ3) is 3.47. The molecule has 0 heterocycles. The van der Waals surface area contributed by atoms with Crippen LogP contribution < -0.4 is 5.32 Å². The Labute approximate surface area is 108 Å². The smallest absolute Gasteiger partial charge is 0.146 e. The van der Waals surface area contributed by atoms with E-state index in [0.717, 1.165) is 6.07 Å². The Kier molecular flexibility index (Phi) is 4.63. The van der Waals surface area contributed by atoms with Crippen LogP contribution in [0.2, 0.25) is 0 Å². The summed E-state index contributed by atoms with van der Waals surface area (Å²) in [6.45, 7) is 5.25. The van der Waals surface area contributed by atoms with Crippen LogP contribution in [0.5, 0.6) is 0 Å². The molecular formula is C12H16BrF2NO. The summed E-state index contributed by atoms with van der Waals surface area (Å²) in [5, 5.41) is 13.1. The third-order valence-electron chi connectivity index (χ3n) is 2.44. The number of hydrogen-bond acceptors (Lipinski definition) is 2. The SMILES string of the molecule is CC(C)NCC(C)(O)c1c(F)ccc(Br)c1F. The minimum absolute atomic E-state index is 0.0783. The fourth-order valence-corrected chi connectivity index (χ4v) is 1.84. The Bertz CT molecular complexity index is 408. The van der Waals surface area contributed by atoms with Gasteiger partial charge in [-0.3, -0.25) is 0 Å². The molecule has 0 radical (unpaired) electrons. The number of hydrogen-bond donors (Lipinski definition) is 2. The Morgan fingerprint density at radius 2 is 2.00 bits per heavy atom. The van der Waals surface area contributed by atoms with Crippen LogP contribution in [0.15, 0.2) is 16.6 Å². The predicted octanol–water partition coefficient (Wildman–Crippen LogP) is 2.93. The lowest BCUT2D eigenvalue weighted by Gasteiger charge is -2.26. The molecule has 96 valence electrons. The Hall–Kier alpha value is -0.520. The van der Waals surface area contributed by atoms with Crippen LogP contribution in [0.3, 0.4) is 0 Å². The zero-order chi connectivity index (χ0) is 13.2. The van der Waals surface area contributed by atoms with Crippen LogP contribution in [0.1, 0.15) is 26.3 Å². The summed E-state index contributed by atoms with van der Waals surface area (Å²) in [7, 11) is 0. The Morgan fingerprint density at radius 3 is 2.53 bits per heavy atom. The molecular weight excluding hydrogens is 292 g/mol. The second-order valence-corrected chi connectivity index (χ2v) is 5.38. The van der Waals surface area contributed by atoms with E-state index < -0.39 is 17.2 Å². The van der Waals surface area contributed by atoms with E-state index in [0.29, 0.717) is 0 Å². The van der Waals surface area contributed by atoms with Crippen molar-refractivity contribution in [3.8, 4) is 0 Å². The molecule has 2 nitrogen and oxygen atoms in total. The van der Waals surface area contributed by atoms with Crippen molar-refractivity contribution in [2.75, 3.05) is 6.54 Å². The van der Waals surface area contributed by atoms with Crippen molar-refractivity contribution in [2.45, 2.75) is 32.4 Å². The first-order valence-electron chi connectivity index (χ1n) is 5.35. The van der Waals surface area contributed by atoms with E-state index in [1.54, 1.807) is 0 Å². The second kappa shape index (κ2) is 5.42. The standard InChI is InChI=1S/C12H16BrF2NO/c1-7(2)16-6-12(3,17)10-9(14)5-4-8(13)11(10)15/h4-5,7,16-17H,6H2,1-3H3. The second-order valence-electron chi connectivity index (χ2n) is 4.53. The molecule has 1 aromatic carbocycles. The summed E-state index contributed by atoms with van der Waals surface area (Å²) in [6.07, 6.45) is 0. The fourth-order valence-electron chi connectivity index (χ4n) is 1.51. The molecule has 0 aromatic heterocycles. The van der Waals surface area contributed by atoms with Crippen LogP contribution in [0.4, 0.5) is 8.78 Å². The number of halogens is 3. The third-order valence-corrected chi connectivity index (χ3v) is 3.05. The van der Waals surface area contributed by atoms with Crippen molar-refractivity contribution >= 4 is 15.9 Å². The first-order valence-corrected chi connectivity index (χ1v) is 6.14. The van der Waals surface area contributed by atoms with E-state index in [1.165, 1.54) is 13.0 Å². The van der Waals surface area contributed by atoms with Gasteiger partial charge in [0, 0.05) is 12.6 Å². The lowest BCUT2D eigenvalue weighted by Crippen LogP contribution is -2.39. The van der Waals surface area contributed by atoms with E-state index in [-0.39, 0.29) is 22.6 Å². The average Bonchev–Trinajstić information content (AvgIpc) is 2.21. The summed E-state index contributed by atoms with van der Waals surface area (Å²) >= 11 is 2.98. The highest BCUT2D eigenvalue weighted by Gasteiger charge is 2.31. The number of nitrogens with one attached hydrogen (secondary N) is 1. The topological polar surface area (TPSA) is 32.3 Å². The molecule has 1 unspecified atom stereocenters. The van der Waals surface area contributed by atoms with Gasteiger partial charge in [-0.2, -0.15) is 0 Å². The number of aliphatic hydroxyl groups is 1. The maximum absolute atomic E-state index is 13.8. The van der Waals surface area contributed by atoms with Crippen molar-refractivity contribution in [3.05, 3.63) is 33.8 Å². The predicted molar refractivity (Wildman–Crippen MR) is 66.8 cm³/mol.